The molecule has 0 heterocycles. The van der Waals surface area contributed by atoms with Gasteiger partial charge in [0.15, 0.2) is 0 Å². The van der Waals surface area contributed by atoms with Crippen LogP contribution in [0.2, 0.25) is 0 Å². The third kappa shape index (κ3) is 6.61. The highest BCUT2D eigenvalue weighted by atomic mass is 14.7. The summed E-state index contributed by atoms with van der Waals surface area (Å²) < 4.78 is 0. The molecule has 0 amide bonds. The zero-order valence-electron chi connectivity index (χ0n) is 7.27. The Kier molecular flexibility index (Phi) is 6.64. The summed E-state index contributed by atoms with van der Waals surface area (Å²) in [5.74, 6) is 0. The highest BCUT2D eigenvalue weighted by molar-refractivity contribution is 5.61. The Hall–Kier alpha value is -1.51. The first-order valence-corrected chi connectivity index (χ1v) is 3.59. The van der Waals surface area contributed by atoms with E-state index in [2.05, 4.69) is 28.3 Å². The molecule has 0 saturated carbocycles. The van der Waals surface area contributed by atoms with Crippen molar-refractivity contribution in [1.29, 1.82) is 0 Å². The maximum Gasteiger partial charge on any atom is 0.0735 e. The molecule has 0 aromatic rings. The minimum atomic E-state index is 0.536. The first kappa shape index (κ1) is 10.5. The van der Waals surface area contributed by atoms with Gasteiger partial charge in [0.05, 0.1) is 12.2 Å². The van der Waals surface area contributed by atoms with Gasteiger partial charge in [-0.3, -0.25) is 15.0 Å². The molecular weight excluding hydrogens is 150 g/mol. The summed E-state index contributed by atoms with van der Waals surface area (Å²) in [6, 6.07) is 0. The summed E-state index contributed by atoms with van der Waals surface area (Å²) in [5.41, 5.74) is 0.682. The van der Waals surface area contributed by atoms with Crippen LogP contribution in [-0.2, 0) is 0 Å². The fourth-order valence-corrected chi connectivity index (χ4v) is 0.504. The summed E-state index contributed by atoms with van der Waals surface area (Å²) in [5, 5.41) is 0. The quantitative estimate of drug-likeness (QED) is 0.438. The Morgan fingerprint density at radius 2 is 2.25 bits per heavy atom. The van der Waals surface area contributed by atoms with E-state index in [1.807, 2.05) is 6.92 Å². The minimum absolute atomic E-state index is 0.536. The van der Waals surface area contributed by atoms with E-state index in [0.717, 1.165) is 0 Å². The second kappa shape index (κ2) is 7.60. The average Bonchev–Trinajstić information content (AvgIpc) is 2.05. The lowest BCUT2D eigenvalue weighted by Crippen LogP contribution is -1.76. The molecule has 0 aliphatic rings. The Labute approximate surface area is 73.0 Å². The Morgan fingerprint density at radius 1 is 1.50 bits per heavy atom. The van der Waals surface area contributed by atoms with Crippen LogP contribution in [0.4, 0.5) is 0 Å². The van der Waals surface area contributed by atoms with Crippen LogP contribution in [0.25, 0.3) is 0 Å². The van der Waals surface area contributed by atoms with Crippen LogP contribution in [0.1, 0.15) is 6.92 Å². The molecule has 0 N–H and O–H groups in total. The van der Waals surface area contributed by atoms with Gasteiger partial charge in [-0.05, 0) is 19.7 Å². The number of allylic oxidation sites excluding steroid dienone is 1. The van der Waals surface area contributed by atoms with Crippen LogP contribution in [0.3, 0.4) is 0 Å². The first-order chi connectivity index (χ1) is 5.81. The molecule has 0 fully saturated rings. The SMILES string of the molecule is C=NCC=N/C=C\C(=C)N=CC. The Balaban J connectivity index is 3.75. The fourth-order valence-electron chi connectivity index (χ4n) is 0.504. The lowest BCUT2D eigenvalue weighted by Gasteiger charge is -1.84. The molecule has 64 valence electrons. The van der Waals surface area contributed by atoms with Crippen molar-refractivity contribution in [2.75, 3.05) is 6.54 Å². The minimum Gasteiger partial charge on any atom is -0.295 e. The normalized spacial score (nSPS) is 11.8. The molecule has 0 bridgehead atoms. The summed E-state index contributed by atoms with van der Waals surface area (Å²) in [6.07, 6.45) is 6.69. The van der Waals surface area contributed by atoms with Crippen molar-refractivity contribution in [3.05, 3.63) is 24.6 Å². The van der Waals surface area contributed by atoms with E-state index < -0.39 is 0 Å². The van der Waals surface area contributed by atoms with Gasteiger partial charge in [-0.1, -0.05) is 6.58 Å². The standard InChI is InChI=1S/C9H13N3/c1-4-12-9(2)5-6-11-8-7-10-3/h4-6,8H,2-3,7H2,1H3/b6-5-,11-8?,12-4?. The monoisotopic (exact) mass is 163 g/mol. The van der Waals surface area contributed by atoms with Crippen molar-refractivity contribution >= 4 is 19.1 Å². The van der Waals surface area contributed by atoms with Crippen molar-refractivity contribution < 1.29 is 0 Å². The molecule has 0 unspecified atom stereocenters. The number of rotatable bonds is 5. The molecule has 0 aliphatic heterocycles. The zero-order chi connectivity index (χ0) is 9.23. The number of nitrogens with zero attached hydrogens (tertiary/aromatic N) is 3. The molecule has 0 saturated heterocycles. The van der Waals surface area contributed by atoms with Crippen LogP contribution in [-0.4, -0.2) is 25.7 Å². The van der Waals surface area contributed by atoms with Crippen molar-refractivity contribution in [3.63, 3.8) is 0 Å². The van der Waals surface area contributed by atoms with E-state index in [-0.39, 0.29) is 0 Å². The molecule has 0 radical (unpaired) electrons. The van der Waals surface area contributed by atoms with Gasteiger partial charge in [-0.25, -0.2) is 0 Å². The molecule has 0 spiro atoms. The van der Waals surface area contributed by atoms with Gasteiger partial charge in [0.2, 0.25) is 0 Å². The molecule has 3 nitrogen and oxygen atoms in total. The Morgan fingerprint density at radius 3 is 2.83 bits per heavy atom. The van der Waals surface area contributed by atoms with E-state index in [9.17, 15) is 0 Å². The average molecular weight is 163 g/mol. The van der Waals surface area contributed by atoms with Gasteiger partial charge in [0.1, 0.15) is 0 Å². The molecule has 0 aliphatic carbocycles. The van der Waals surface area contributed by atoms with Gasteiger partial charge >= 0.3 is 0 Å². The Bertz CT molecular complexity index is 224. The van der Waals surface area contributed by atoms with Crippen LogP contribution in [0.5, 0.6) is 0 Å². The van der Waals surface area contributed by atoms with Crippen LogP contribution in [0.15, 0.2) is 39.5 Å². The summed E-state index contributed by atoms with van der Waals surface area (Å²) in [6.45, 7) is 9.36. The molecule has 0 aromatic carbocycles. The highest BCUT2D eigenvalue weighted by Gasteiger charge is 1.75. The van der Waals surface area contributed by atoms with Gasteiger partial charge in [0.25, 0.3) is 0 Å². The van der Waals surface area contributed by atoms with E-state index >= 15 is 0 Å². The zero-order valence-corrected chi connectivity index (χ0v) is 7.27. The number of aliphatic imine (C=N–C) groups is 3. The fraction of sp³-hybridized carbons (Fsp3) is 0.222. The van der Waals surface area contributed by atoms with E-state index in [1.54, 1.807) is 24.7 Å². The predicted molar refractivity (Wildman–Crippen MR) is 55.4 cm³/mol. The third-order valence-electron chi connectivity index (χ3n) is 0.964. The number of hydrogen-bond donors (Lipinski definition) is 0. The topological polar surface area (TPSA) is 37.1 Å². The van der Waals surface area contributed by atoms with Crippen molar-refractivity contribution in [3.8, 4) is 0 Å². The molecule has 12 heavy (non-hydrogen) atoms. The molecule has 3 heteroatoms. The van der Waals surface area contributed by atoms with E-state index in [4.69, 9.17) is 0 Å². The van der Waals surface area contributed by atoms with Gasteiger partial charge in [0, 0.05) is 18.6 Å². The first-order valence-electron chi connectivity index (χ1n) is 3.59. The smallest absolute Gasteiger partial charge is 0.0735 e. The van der Waals surface area contributed by atoms with E-state index in [1.165, 1.54) is 0 Å². The van der Waals surface area contributed by atoms with Gasteiger partial charge < -0.3 is 0 Å². The van der Waals surface area contributed by atoms with E-state index in [0.29, 0.717) is 12.2 Å². The molecule has 0 aromatic heterocycles. The van der Waals surface area contributed by atoms with Crippen LogP contribution < -0.4 is 0 Å². The molecular formula is C9H13N3. The number of hydrogen-bond acceptors (Lipinski definition) is 3. The summed E-state index contributed by atoms with van der Waals surface area (Å²) in [7, 11) is 0. The van der Waals surface area contributed by atoms with Crippen molar-refractivity contribution in [1.82, 2.24) is 0 Å². The third-order valence-corrected chi connectivity index (χ3v) is 0.964. The van der Waals surface area contributed by atoms with Crippen molar-refractivity contribution in [2.24, 2.45) is 15.0 Å². The maximum absolute atomic E-state index is 3.93. The second-order valence-electron chi connectivity index (χ2n) is 1.93. The molecule has 0 rings (SSSR count). The van der Waals surface area contributed by atoms with Gasteiger partial charge in [-0.2, -0.15) is 0 Å². The largest absolute Gasteiger partial charge is 0.295 e. The lowest BCUT2D eigenvalue weighted by molar-refractivity contribution is 1.34. The molecule has 0 atom stereocenters. The lowest BCUT2D eigenvalue weighted by atomic mass is 10.5. The summed E-state index contributed by atoms with van der Waals surface area (Å²) in [4.78, 5) is 11.4. The highest BCUT2D eigenvalue weighted by Crippen LogP contribution is 1.92. The van der Waals surface area contributed by atoms with Gasteiger partial charge in [-0.15, -0.1) is 0 Å². The van der Waals surface area contributed by atoms with Crippen LogP contribution >= 0.6 is 0 Å². The van der Waals surface area contributed by atoms with Crippen molar-refractivity contribution in [2.45, 2.75) is 6.92 Å². The maximum atomic E-state index is 3.93. The summed E-state index contributed by atoms with van der Waals surface area (Å²) >= 11 is 0. The van der Waals surface area contributed by atoms with Crippen LogP contribution in [0, 0.1) is 0 Å². The predicted octanol–water partition coefficient (Wildman–Crippen LogP) is 1.88. The second-order valence-corrected chi connectivity index (χ2v) is 1.93.